The number of hydrogen-bond acceptors (Lipinski definition) is 5. The van der Waals surface area contributed by atoms with Crippen molar-refractivity contribution in [2.45, 2.75) is 44.1 Å². The Bertz CT molecular complexity index is 1210. The Morgan fingerprint density at radius 3 is 2.68 bits per heavy atom. The quantitative estimate of drug-likeness (QED) is 0.733. The third kappa shape index (κ3) is 3.16. The van der Waals surface area contributed by atoms with Crippen LogP contribution in [-0.4, -0.2) is 50.3 Å². The Labute approximate surface area is 181 Å². The molecule has 3 heterocycles. The second-order valence-corrected chi connectivity index (χ2v) is 10.3. The summed E-state index contributed by atoms with van der Waals surface area (Å²) in [6.07, 6.45) is 2.07. The van der Waals surface area contributed by atoms with Gasteiger partial charge >= 0.3 is 0 Å². The fourth-order valence-corrected chi connectivity index (χ4v) is 6.22. The summed E-state index contributed by atoms with van der Waals surface area (Å²) in [4.78, 5) is 27.6. The van der Waals surface area contributed by atoms with E-state index < -0.39 is 15.9 Å². The van der Waals surface area contributed by atoms with Crippen molar-refractivity contribution in [1.82, 2.24) is 4.31 Å². The zero-order chi connectivity index (χ0) is 21.9. The largest absolute Gasteiger partial charge is 0.376 e. The van der Waals surface area contributed by atoms with Gasteiger partial charge in [0, 0.05) is 24.4 Å². The van der Waals surface area contributed by atoms with Gasteiger partial charge in [-0.15, -0.1) is 0 Å². The highest BCUT2D eigenvalue weighted by atomic mass is 32.2. The average molecular weight is 441 g/mol. The molecule has 1 saturated heterocycles. The van der Waals surface area contributed by atoms with E-state index in [1.54, 1.807) is 11.0 Å². The predicted molar refractivity (Wildman–Crippen MR) is 115 cm³/mol. The molecular weight excluding hydrogens is 416 g/mol. The number of nitrogens with zero attached hydrogens (tertiary/aromatic N) is 2. The molecule has 0 aliphatic carbocycles. The first-order chi connectivity index (χ1) is 14.8. The fourth-order valence-electron chi connectivity index (χ4n) is 4.59. The maximum absolute atomic E-state index is 13.3. The number of benzene rings is 2. The SMILES string of the molecule is Cc1cc2c(cc1C)N(C(=O)c1ccc3c(c1)S(=O)(=O)N(CC1CCCO1)C3=O)CC2. The highest BCUT2D eigenvalue weighted by Crippen LogP contribution is 2.35. The predicted octanol–water partition coefficient (Wildman–Crippen LogP) is 2.83. The van der Waals surface area contributed by atoms with Gasteiger partial charge in [0.05, 0.1) is 18.2 Å². The summed E-state index contributed by atoms with van der Waals surface area (Å²) in [5.74, 6) is -0.813. The van der Waals surface area contributed by atoms with E-state index in [4.69, 9.17) is 4.74 Å². The second kappa shape index (κ2) is 7.17. The van der Waals surface area contributed by atoms with Crippen molar-refractivity contribution in [2.75, 3.05) is 24.6 Å². The van der Waals surface area contributed by atoms with Gasteiger partial charge in [0.25, 0.3) is 21.8 Å². The summed E-state index contributed by atoms with van der Waals surface area (Å²) in [6.45, 7) is 5.19. The van der Waals surface area contributed by atoms with Crippen LogP contribution in [0.4, 0.5) is 5.69 Å². The van der Waals surface area contributed by atoms with Gasteiger partial charge in [-0.05, 0) is 74.1 Å². The number of hydrogen-bond donors (Lipinski definition) is 0. The van der Waals surface area contributed by atoms with Crippen LogP contribution in [0.25, 0.3) is 0 Å². The Balaban J connectivity index is 1.47. The van der Waals surface area contributed by atoms with Crippen LogP contribution < -0.4 is 4.90 Å². The van der Waals surface area contributed by atoms with Crippen molar-refractivity contribution < 1.29 is 22.7 Å². The molecule has 0 N–H and O–H groups in total. The Hall–Kier alpha value is -2.71. The molecule has 0 radical (unpaired) electrons. The smallest absolute Gasteiger partial charge is 0.269 e. The van der Waals surface area contributed by atoms with E-state index in [-0.39, 0.29) is 34.6 Å². The molecule has 1 atom stereocenters. The van der Waals surface area contributed by atoms with Crippen LogP contribution in [0.15, 0.2) is 35.2 Å². The van der Waals surface area contributed by atoms with E-state index in [0.717, 1.165) is 40.4 Å². The van der Waals surface area contributed by atoms with Crippen molar-refractivity contribution >= 4 is 27.5 Å². The molecule has 0 aromatic heterocycles. The van der Waals surface area contributed by atoms with Crippen LogP contribution in [-0.2, 0) is 21.2 Å². The van der Waals surface area contributed by atoms with E-state index in [2.05, 4.69) is 6.07 Å². The van der Waals surface area contributed by atoms with E-state index in [1.165, 1.54) is 17.7 Å². The van der Waals surface area contributed by atoms with Crippen molar-refractivity contribution in [3.8, 4) is 0 Å². The van der Waals surface area contributed by atoms with Gasteiger partial charge in [-0.1, -0.05) is 6.07 Å². The zero-order valence-corrected chi connectivity index (χ0v) is 18.4. The van der Waals surface area contributed by atoms with Crippen LogP contribution in [0.5, 0.6) is 0 Å². The van der Waals surface area contributed by atoms with Crippen molar-refractivity contribution in [3.05, 3.63) is 58.1 Å². The van der Waals surface area contributed by atoms with Crippen LogP contribution in [0.3, 0.4) is 0 Å². The molecule has 2 amide bonds. The molecule has 7 nitrogen and oxygen atoms in total. The Morgan fingerprint density at radius 1 is 1.16 bits per heavy atom. The minimum atomic E-state index is -4.00. The monoisotopic (exact) mass is 440 g/mol. The zero-order valence-electron chi connectivity index (χ0n) is 17.6. The number of sulfonamides is 1. The lowest BCUT2D eigenvalue weighted by Crippen LogP contribution is -2.36. The van der Waals surface area contributed by atoms with Crippen LogP contribution in [0, 0.1) is 13.8 Å². The number of fused-ring (bicyclic) bond motifs is 2. The first-order valence-electron chi connectivity index (χ1n) is 10.5. The average Bonchev–Trinajstić information content (AvgIpc) is 3.44. The van der Waals surface area contributed by atoms with Crippen LogP contribution in [0.2, 0.25) is 0 Å². The highest BCUT2D eigenvalue weighted by Gasteiger charge is 2.43. The molecular formula is C23H24N2O5S. The Morgan fingerprint density at radius 2 is 1.94 bits per heavy atom. The number of carbonyl (C=O) groups is 2. The van der Waals surface area contributed by atoms with Gasteiger partial charge in [0.1, 0.15) is 4.90 Å². The summed E-state index contributed by atoms with van der Waals surface area (Å²) >= 11 is 0. The van der Waals surface area contributed by atoms with Crippen LogP contribution in [0.1, 0.15) is 50.2 Å². The number of carbonyl (C=O) groups excluding carboxylic acids is 2. The van der Waals surface area contributed by atoms with E-state index in [0.29, 0.717) is 13.2 Å². The minimum absolute atomic E-state index is 0.0112. The molecule has 0 bridgehead atoms. The van der Waals surface area contributed by atoms with Crippen molar-refractivity contribution in [1.29, 1.82) is 0 Å². The van der Waals surface area contributed by atoms with Crippen LogP contribution >= 0.6 is 0 Å². The van der Waals surface area contributed by atoms with Crippen molar-refractivity contribution in [2.24, 2.45) is 0 Å². The van der Waals surface area contributed by atoms with E-state index in [1.807, 2.05) is 19.9 Å². The minimum Gasteiger partial charge on any atom is -0.376 e. The maximum atomic E-state index is 13.3. The fraction of sp³-hybridized carbons (Fsp3) is 0.391. The summed E-state index contributed by atoms with van der Waals surface area (Å²) in [5, 5.41) is 0. The van der Waals surface area contributed by atoms with Gasteiger partial charge in [0.15, 0.2) is 0 Å². The topological polar surface area (TPSA) is 84.0 Å². The molecule has 1 fully saturated rings. The molecule has 2 aromatic rings. The normalized spacial score (nSPS) is 21.5. The number of anilines is 1. The third-order valence-corrected chi connectivity index (χ3v) is 8.27. The molecule has 1 unspecified atom stereocenters. The standard InChI is InChI=1S/C23H24N2O5S/c1-14-10-16-7-8-24(20(16)11-15(14)2)22(26)17-5-6-19-21(12-17)31(28,29)25(23(19)27)13-18-4-3-9-30-18/h5-6,10-12,18H,3-4,7-9,13H2,1-2H3. The van der Waals surface area contributed by atoms with Gasteiger partial charge in [-0.3, -0.25) is 9.59 Å². The lowest BCUT2D eigenvalue weighted by molar-refractivity contribution is 0.0707. The lowest BCUT2D eigenvalue weighted by atomic mass is 10.0. The van der Waals surface area contributed by atoms with Gasteiger partial charge in [0.2, 0.25) is 0 Å². The summed E-state index contributed by atoms with van der Waals surface area (Å²) in [5.41, 5.74) is 4.64. The number of rotatable bonds is 3. The summed E-state index contributed by atoms with van der Waals surface area (Å²) in [7, 11) is -4.00. The van der Waals surface area contributed by atoms with E-state index >= 15 is 0 Å². The second-order valence-electron chi connectivity index (χ2n) is 8.46. The third-order valence-electron chi connectivity index (χ3n) is 6.48. The maximum Gasteiger partial charge on any atom is 0.269 e. The molecule has 5 rings (SSSR count). The van der Waals surface area contributed by atoms with E-state index in [9.17, 15) is 18.0 Å². The molecule has 0 spiro atoms. The highest BCUT2D eigenvalue weighted by molar-refractivity contribution is 7.90. The lowest BCUT2D eigenvalue weighted by Gasteiger charge is -2.19. The first-order valence-corrected chi connectivity index (χ1v) is 12.0. The number of aryl methyl sites for hydroxylation is 2. The molecule has 3 aliphatic heterocycles. The summed E-state index contributed by atoms with van der Waals surface area (Å²) in [6, 6.07) is 8.46. The van der Waals surface area contributed by atoms with Gasteiger partial charge in [-0.2, -0.15) is 0 Å². The molecule has 31 heavy (non-hydrogen) atoms. The van der Waals surface area contributed by atoms with Gasteiger partial charge < -0.3 is 9.64 Å². The first kappa shape index (κ1) is 20.2. The Kier molecular flexibility index (Phi) is 4.67. The molecule has 0 saturated carbocycles. The van der Waals surface area contributed by atoms with Crippen molar-refractivity contribution in [3.63, 3.8) is 0 Å². The molecule has 2 aromatic carbocycles. The number of ether oxygens (including phenoxy) is 1. The summed E-state index contributed by atoms with van der Waals surface area (Å²) < 4.78 is 32.6. The molecule has 3 aliphatic rings. The number of amides is 2. The molecule has 162 valence electrons. The van der Waals surface area contributed by atoms with Gasteiger partial charge in [-0.25, -0.2) is 12.7 Å². The molecule has 8 heteroatoms.